The van der Waals surface area contributed by atoms with Gasteiger partial charge < -0.3 is 4.74 Å². The first-order chi connectivity index (χ1) is 16.4. The molecule has 7 nitrogen and oxygen atoms in total. The Labute approximate surface area is 201 Å². The van der Waals surface area contributed by atoms with Gasteiger partial charge in [-0.2, -0.15) is 0 Å². The van der Waals surface area contributed by atoms with Gasteiger partial charge in [0.25, 0.3) is 5.69 Å². The predicted octanol–water partition coefficient (Wildman–Crippen LogP) is 5.16. The summed E-state index contributed by atoms with van der Waals surface area (Å²) in [6.07, 6.45) is 1.59. The van der Waals surface area contributed by atoms with Crippen LogP contribution in [-0.4, -0.2) is 23.3 Å². The maximum atomic E-state index is 13.6. The topological polar surface area (TPSA) is 98.5 Å². The fraction of sp³-hybridized carbons (Fsp3) is 0.154. The van der Waals surface area contributed by atoms with Gasteiger partial charge in [0.05, 0.1) is 17.6 Å². The number of ether oxygens (including phenoxy) is 1. The molecule has 0 bridgehead atoms. The molecule has 0 radical (unpaired) electrons. The van der Waals surface area contributed by atoms with Crippen molar-refractivity contribution in [3.63, 3.8) is 0 Å². The van der Waals surface area contributed by atoms with Crippen molar-refractivity contribution in [1.29, 1.82) is 0 Å². The highest BCUT2D eigenvalue weighted by molar-refractivity contribution is 6.30. The predicted molar refractivity (Wildman–Crippen MR) is 128 cm³/mol. The van der Waals surface area contributed by atoms with E-state index in [1.165, 1.54) is 12.1 Å². The maximum absolute atomic E-state index is 13.6. The number of esters is 1. The molecular formula is C26H21ClN2O5. The molecule has 1 N–H and O–H groups in total. The summed E-state index contributed by atoms with van der Waals surface area (Å²) < 4.78 is 5.40. The number of non-ortho nitro benzene ring substituents is 1. The number of hydrogen-bond acceptors (Lipinski definition) is 6. The van der Waals surface area contributed by atoms with E-state index in [2.05, 4.69) is 5.32 Å². The largest absolute Gasteiger partial charge is 0.464 e. The minimum absolute atomic E-state index is 0.0731. The lowest BCUT2D eigenvalue weighted by Crippen LogP contribution is -2.46. The molecule has 0 fully saturated rings. The zero-order valence-electron chi connectivity index (χ0n) is 18.2. The highest BCUT2D eigenvalue weighted by Gasteiger charge is 2.49. The second-order valence-corrected chi connectivity index (χ2v) is 8.19. The summed E-state index contributed by atoms with van der Waals surface area (Å²) in [7, 11) is 0. The quantitative estimate of drug-likeness (QED) is 0.219. The number of hydrogen-bond donors (Lipinski definition) is 1. The van der Waals surface area contributed by atoms with Crippen LogP contribution in [0.1, 0.15) is 34.5 Å². The summed E-state index contributed by atoms with van der Waals surface area (Å²) in [5.41, 5.74) is 0.420. The molecular weight excluding hydrogens is 456 g/mol. The molecule has 0 spiro atoms. The minimum atomic E-state index is -1.45. The normalized spacial score (nSPS) is 19.4. The van der Waals surface area contributed by atoms with Gasteiger partial charge in [0.1, 0.15) is 0 Å². The molecule has 3 aromatic carbocycles. The van der Waals surface area contributed by atoms with E-state index in [0.717, 1.165) is 0 Å². The van der Waals surface area contributed by atoms with Crippen LogP contribution in [0, 0.1) is 10.1 Å². The van der Waals surface area contributed by atoms with Crippen molar-refractivity contribution in [1.82, 2.24) is 5.32 Å². The molecule has 0 saturated heterocycles. The highest BCUT2D eigenvalue weighted by Crippen LogP contribution is 2.41. The molecule has 3 aromatic rings. The average Bonchev–Trinajstić information content (AvgIpc) is 3.27. The monoisotopic (exact) mass is 476 g/mol. The first kappa shape index (κ1) is 23.4. The second kappa shape index (κ2) is 9.59. The van der Waals surface area contributed by atoms with Crippen molar-refractivity contribution >= 4 is 29.0 Å². The Balaban J connectivity index is 1.88. The van der Waals surface area contributed by atoms with Crippen molar-refractivity contribution in [2.45, 2.75) is 18.5 Å². The second-order valence-electron chi connectivity index (χ2n) is 7.76. The lowest BCUT2D eigenvalue weighted by molar-refractivity contribution is -0.384. The highest BCUT2D eigenvalue weighted by atomic mass is 35.5. The van der Waals surface area contributed by atoms with Gasteiger partial charge >= 0.3 is 5.97 Å². The Morgan fingerprint density at radius 3 is 2.26 bits per heavy atom. The first-order valence-corrected chi connectivity index (χ1v) is 11.0. The average molecular weight is 477 g/mol. The van der Waals surface area contributed by atoms with Crippen LogP contribution >= 0.6 is 11.6 Å². The van der Waals surface area contributed by atoms with Gasteiger partial charge in [-0.25, -0.2) is 4.79 Å². The van der Waals surface area contributed by atoms with Crippen molar-refractivity contribution in [3.8, 4) is 0 Å². The summed E-state index contributed by atoms with van der Waals surface area (Å²) in [4.78, 5) is 37.5. The van der Waals surface area contributed by atoms with Crippen LogP contribution in [-0.2, 0) is 15.1 Å². The van der Waals surface area contributed by atoms with Gasteiger partial charge in [0.2, 0.25) is 0 Å². The Morgan fingerprint density at radius 1 is 1.03 bits per heavy atom. The maximum Gasteiger partial charge on any atom is 0.335 e. The lowest BCUT2D eigenvalue weighted by Gasteiger charge is -2.28. The smallest absolute Gasteiger partial charge is 0.335 e. The number of Topliss-reactive ketones (excluding diaryl/α,β-unsaturated/α-hetero) is 1. The molecule has 1 heterocycles. The van der Waals surface area contributed by atoms with Crippen LogP contribution < -0.4 is 5.32 Å². The molecule has 0 amide bonds. The fourth-order valence-electron chi connectivity index (χ4n) is 4.03. The third-order valence-electron chi connectivity index (χ3n) is 5.69. The molecule has 1 aliphatic heterocycles. The summed E-state index contributed by atoms with van der Waals surface area (Å²) in [5.74, 6) is -0.836. The van der Waals surface area contributed by atoms with Gasteiger partial charge in [0.15, 0.2) is 11.3 Å². The molecule has 0 saturated carbocycles. The molecule has 0 aromatic heterocycles. The lowest BCUT2D eigenvalue weighted by atomic mass is 9.89. The molecule has 1 aliphatic rings. The number of carbonyl (C=O) groups excluding carboxylic acids is 2. The number of carbonyl (C=O) groups is 2. The van der Waals surface area contributed by atoms with Gasteiger partial charge in [0, 0.05) is 28.3 Å². The third-order valence-corrected chi connectivity index (χ3v) is 5.94. The minimum Gasteiger partial charge on any atom is -0.464 e. The number of rotatable bonds is 7. The zero-order chi connectivity index (χ0) is 24.3. The summed E-state index contributed by atoms with van der Waals surface area (Å²) >= 11 is 6.07. The molecule has 8 heteroatoms. The summed E-state index contributed by atoms with van der Waals surface area (Å²) in [6, 6.07) is 20.6. The molecule has 0 aliphatic carbocycles. The number of nitrogens with zero attached hydrogens (tertiary/aromatic N) is 1. The standard InChI is InChI=1S/C26H21ClN2O5/c1-2-34-25(31)26(19-10-12-20(27)13-11-19)16-22(24(30)18-6-4-3-5-7-18)23(28-26)17-8-14-21(15-9-17)29(32)33/h3-16,23,28H,2H2,1H3/t23-,26+/m0/s1. The van der Waals surface area contributed by atoms with Gasteiger partial charge in [-0.05, 0) is 36.3 Å². The van der Waals surface area contributed by atoms with Crippen molar-refractivity contribution in [2.24, 2.45) is 0 Å². The first-order valence-electron chi connectivity index (χ1n) is 10.6. The number of halogens is 1. The Bertz CT molecular complexity index is 1260. The Kier molecular flexibility index (Phi) is 6.58. The molecule has 0 unspecified atom stereocenters. The number of nitro benzene ring substituents is 1. The third kappa shape index (κ3) is 4.35. The number of nitro groups is 1. The van der Waals surface area contributed by atoms with E-state index >= 15 is 0 Å². The van der Waals surface area contributed by atoms with Crippen LogP contribution in [0.25, 0.3) is 0 Å². The number of benzene rings is 3. The zero-order valence-corrected chi connectivity index (χ0v) is 19.0. The van der Waals surface area contributed by atoms with Crippen molar-refractivity contribution in [3.05, 3.63) is 122 Å². The van der Waals surface area contributed by atoms with E-state index in [-0.39, 0.29) is 18.1 Å². The van der Waals surface area contributed by atoms with Gasteiger partial charge in [-0.1, -0.05) is 66.2 Å². The Morgan fingerprint density at radius 2 is 1.68 bits per heavy atom. The molecule has 34 heavy (non-hydrogen) atoms. The summed E-state index contributed by atoms with van der Waals surface area (Å²) in [5, 5.41) is 14.9. The fourth-order valence-corrected chi connectivity index (χ4v) is 4.15. The van der Waals surface area contributed by atoms with E-state index in [1.54, 1.807) is 73.7 Å². The van der Waals surface area contributed by atoms with Crippen LogP contribution in [0.3, 0.4) is 0 Å². The molecule has 2 atom stereocenters. The molecule has 172 valence electrons. The SMILES string of the molecule is CCOC(=O)[C@]1(c2ccc(Cl)cc2)C=C(C(=O)c2ccccc2)[C@H](c2ccc([N+](=O)[O-])cc2)N1. The number of nitrogens with one attached hydrogen (secondary N) is 1. The van der Waals surface area contributed by atoms with Gasteiger partial charge in [-0.3, -0.25) is 20.2 Å². The Hall–Kier alpha value is -3.81. The van der Waals surface area contributed by atoms with Crippen LogP contribution in [0.4, 0.5) is 5.69 Å². The number of ketones is 1. The van der Waals surface area contributed by atoms with E-state index < -0.39 is 22.5 Å². The summed E-state index contributed by atoms with van der Waals surface area (Å²) in [6.45, 7) is 1.85. The van der Waals surface area contributed by atoms with Crippen molar-refractivity contribution < 1.29 is 19.2 Å². The molecule has 4 rings (SSSR count). The van der Waals surface area contributed by atoms with Crippen LogP contribution in [0.5, 0.6) is 0 Å². The van der Waals surface area contributed by atoms with E-state index in [1.807, 2.05) is 6.07 Å². The van der Waals surface area contributed by atoms with E-state index in [4.69, 9.17) is 16.3 Å². The van der Waals surface area contributed by atoms with Gasteiger partial charge in [-0.15, -0.1) is 0 Å². The van der Waals surface area contributed by atoms with Crippen LogP contribution in [0.15, 0.2) is 90.5 Å². The van der Waals surface area contributed by atoms with Crippen LogP contribution in [0.2, 0.25) is 5.02 Å². The van der Waals surface area contributed by atoms with Crippen molar-refractivity contribution in [2.75, 3.05) is 6.61 Å². The van der Waals surface area contributed by atoms with E-state index in [0.29, 0.717) is 27.3 Å². The van der Waals surface area contributed by atoms with E-state index in [9.17, 15) is 19.7 Å².